The fourth-order valence-electron chi connectivity index (χ4n) is 2.67. The van der Waals surface area contributed by atoms with Crippen LogP contribution in [0.15, 0.2) is 27.7 Å². The molecule has 0 fully saturated rings. The minimum absolute atomic E-state index is 0.580. The third-order valence-electron chi connectivity index (χ3n) is 4.04. The van der Waals surface area contributed by atoms with E-state index in [2.05, 4.69) is 34.6 Å². The molecule has 1 aromatic heterocycles. The second kappa shape index (κ2) is 10.1. The summed E-state index contributed by atoms with van der Waals surface area (Å²) in [4.78, 5) is 4.28. The van der Waals surface area contributed by atoms with E-state index in [1.807, 2.05) is 25.1 Å². The lowest BCUT2D eigenvalue weighted by atomic mass is 10.1. The molecule has 0 aliphatic rings. The molecule has 7 heteroatoms. The van der Waals surface area contributed by atoms with E-state index in [-0.39, 0.29) is 0 Å². The molecule has 0 atom stereocenters. The Hall–Kier alpha value is -2.21. The van der Waals surface area contributed by atoms with Crippen molar-refractivity contribution >= 4 is 17.6 Å². The Balaban J connectivity index is 2.00. The summed E-state index contributed by atoms with van der Waals surface area (Å²) in [6.07, 6.45) is 1.66. The number of rotatable bonds is 8. The summed E-state index contributed by atoms with van der Waals surface area (Å²) in [6, 6.07) is 5.64. The molecule has 142 valence electrons. The summed E-state index contributed by atoms with van der Waals surface area (Å²) in [5.74, 6) is 2.40. The van der Waals surface area contributed by atoms with Crippen LogP contribution in [-0.4, -0.2) is 24.8 Å². The van der Waals surface area contributed by atoms with E-state index in [0.29, 0.717) is 30.7 Å². The van der Waals surface area contributed by atoms with Crippen LogP contribution in [0.2, 0.25) is 5.02 Å². The van der Waals surface area contributed by atoms with Crippen LogP contribution in [0.4, 0.5) is 0 Å². The first kappa shape index (κ1) is 20.1. The number of aryl methyl sites for hydroxylation is 2. The topological polar surface area (TPSA) is 71.7 Å². The van der Waals surface area contributed by atoms with Gasteiger partial charge in [0.15, 0.2) is 5.96 Å². The SMILES string of the molecule is CCOc1cc(Cl)ccc1CNC(=NC)NCc1c(CC)noc1CC. The predicted octanol–water partition coefficient (Wildman–Crippen LogP) is 3.72. The largest absolute Gasteiger partial charge is 0.493 e. The van der Waals surface area contributed by atoms with Crippen LogP contribution < -0.4 is 15.4 Å². The number of nitrogens with one attached hydrogen (secondary N) is 2. The minimum atomic E-state index is 0.580. The molecule has 2 N–H and O–H groups in total. The van der Waals surface area contributed by atoms with E-state index < -0.39 is 0 Å². The highest BCUT2D eigenvalue weighted by Crippen LogP contribution is 2.23. The molecule has 0 saturated carbocycles. The van der Waals surface area contributed by atoms with Gasteiger partial charge in [-0.25, -0.2) is 0 Å². The van der Waals surface area contributed by atoms with Gasteiger partial charge in [0.1, 0.15) is 11.5 Å². The van der Waals surface area contributed by atoms with Crippen molar-refractivity contribution in [3.8, 4) is 5.75 Å². The van der Waals surface area contributed by atoms with Crippen LogP contribution in [0, 0.1) is 0 Å². The summed E-state index contributed by atoms with van der Waals surface area (Å²) in [5, 5.41) is 11.4. The second-order valence-corrected chi connectivity index (χ2v) is 6.14. The van der Waals surface area contributed by atoms with Crippen molar-refractivity contribution in [2.75, 3.05) is 13.7 Å². The maximum absolute atomic E-state index is 6.06. The van der Waals surface area contributed by atoms with Crippen LogP contribution in [0.3, 0.4) is 0 Å². The Kier molecular flexibility index (Phi) is 7.78. The smallest absolute Gasteiger partial charge is 0.191 e. The molecule has 26 heavy (non-hydrogen) atoms. The molecule has 0 spiro atoms. The van der Waals surface area contributed by atoms with Crippen LogP contribution in [0.25, 0.3) is 0 Å². The van der Waals surface area contributed by atoms with Crippen molar-refractivity contribution in [1.29, 1.82) is 0 Å². The number of guanidine groups is 1. The Morgan fingerprint density at radius 3 is 2.62 bits per heavy atom. The Morgan fingerprint density at radius 1 is 1.19 bits per heavy atom. The fourth-order valence-corrected chi connectivity index (χ4v) is 2.84. The zero-order valence-electron chi connectivity index (χ0n) is 15.9. The Labute approximate surface area is 160 Å². The van der Waals surface area contributed by atoms with Gasteiger partial charge in [-0.3, -0.25) is 4.99 Å². The first-order valence-corrected chi connectivity index (χ1v) is 9.32. The standard InChI is InChI=1S/C19H27ClN4O2/c1-5-16-15(17(6-2)26-24-16)12-23-19(21-4)22-11-13-8-9-14(20)10-18(13)25-7-3/h8-10H,5-7,11-12H2,1-4H3,(H2,21,22,23). The zero-order chi connectivity index (χ0) is 18.9. The van der Waals surface area contributed by atoms with Gasteiger partial charge in [0.25, 0.3) is 0 Å². The molecular weight excluding hydrogens is 352 g/mol. The highest BCUT2D eigenvalue weighted by molar-refractivity contribution is 6.30. The average molecular weight is 379 g/mol. The number of ether oxygens (including phenoxy) is 1. The highest BCUT2D eigenvalue weighted by atomic mass is 35.5. The van der Waals surface area contributed by atoms with Crippen LogP contribution in [0.5, 0.6) is 5.75 Å². The van der Waals surface area contributed by atoms with Crippen molar-refractivity contribution < 1.29 is 9.26 Å². The molecule has 0 bridgehead atoms. The quantitative estimate of drug-likeness (QED) is 0.541. The first-order chi connectivity index (χ1) is 12.6. The molecule has 0 unspecified atom stereocenters. The average Bonchev–Trinajstić information content (AvgIpc) is 3.05. The van der Waals surface area contributed by atoms with E-state index in [0.717, 1.165) is 41.2 Å². The number of hydrogen-bond donors (Lipinski definition) is 2. The fraction of sp³-hybridized carbons (Fsp3) is 0.474. The van der Waals surface area contributed by atoms with E-state index in [9.17, 15) is 0 Å². The molecule has 0 aliphatic carbocycles. The maximum atomic E-state index is 6.06. The second-order valence-electron chi connectivity index (χ2n) is 5.70. The zero-order valence-corrected chi connectivity index (χ0v) is 16.6. The van der Waals surface area contributed by atoms with E-state index in [1.165, 1.54) is 0 Å². The number of hydrogen-bond acceptors (Lipinski definition) is 4. The van der Waals surface area contributed by atoms with Gasteiger partial charge in [0.2, 0.25) is 0 Å². The first-order valence-electron chi connectivity index (χ1n) is 8.94. The summed E-state index contributed by atoms with van der Waals surface area (Å²) >= 11 is 6.06. The molecule has 0 radical (unpaired) electrons. The van der Waals surface area contributed by atoms with Crippen molar-refractivity contribution in [3.63, 3.8) is 0 Å². The lowest BCUT2D eigenvalue weighted by Crippen LogP contribution is -2.36. The third-order valence-corrected chi connectivity index (χ3v) is 4.27. The van der Waals surface area contributed by atoms with Gasteiger partial charge in [0, 0.05) is 42.7 Å². The number of nitrogens with zero attached hydrogens (tertiary/aromatic N) is 2. The number of halogens is 1. The Bertz CT molecular complexity index is 722. The summed E-state index contributed by atoms with van der Waals surface area (Å²) < 4.78 is 11.1. The predicted molar refractivity (Wildman–Crippen MR) is 105 cm³/mol. The van der Waals surface area contributed by atoms with Gasteiger partial charge in [-0.2, -0.15) is 0 Å². The van der Waals surface area contributed by atoms with Crippen molar-refractivity contribution in [2.45, 2.75) is 46.7 Å². The summed E-state index contributed by atoms with van der Waals surface area (Å²) in [5.41, 5.74) is 3.12. The van der Waals surface area contributed by atoms with Crippen LogP contribution in [-0.2, 0) is 25.9 Å². The molecule has 2 aromatic rings. The maximum Gasteiger partial charge on any atom is 0.191 e. The number of aliphatic imine (C=N–C) groups is 1. The van der Waals surface area contributed by atoms with Crippen molar-refractivity contribution in [1.82, 2.24) is 15.8 Å². The molecule has 0 saturated heterocycles. The van der Waals surface area contributed by atoms with Crippen LogP contribution >= 0.6 is 11.6 Å². The highest BCUT2D eigenvalue weighted by Gasteiger charge is 2.14. The van der Waals surface area contributed by atoms with Gasteiger partial charge in [0.05, 0.1) is 12.3 Å². The molecule has 0 amide bonds. The van der Waals surface area contributed by atoms with Crippen molar-refractivity contribution in [3.05, 3.63) is 45.8 Å². The number of benzene rings is 1. The lowest BCUT2D eigenvalue weighted by molar-refractivity contribution is 0.336. The summed E-state index contributed by atoms with van der Waals surface area (Å²) in [7, 11) is 1.75. The monoisotopic (exact) mass is 378 g/mol. The molecule has 1 heterocycles. The van der Waals surface area contributed by atoms with E-state index in [4.69, 9.17) is 20.9 Å². The molecule has 1 aromatic carbocycles. The Morgan fingerprint density at radius 2 is 1.96 bits per heavy atom. The lowest BCUT2D eigenvalue weighted by Gasteiger charge is -2.15. The minimum Gasteiger partial charge on any atom is -0.493 e. The number of aromatic nitrogens is 1. The van der Waals surface area contributed by atoms with Gasteiger partial charge in [-0.05, 0) is 25.5 Å². The van der Waals surface area contributed by atoms with E-state index in [1.54, 1.807) is 7.05 Å². The van der Waals surface area contributed by atoms with Crippen LogP contribution in [0.1, 0.15) is 43.4 Å². The van der Waals surface area contributed by atoms with Gasteiger partial charge < -0.3 is 19.9 Å². The molecular formula is C19H27ClN4O2. The van der Waals surface area contributed by atoms with Gasteiger partial charge in [-0.1, -0.05) is 36.7 Å². The summed E-state index contributed by atoms with van der Waals surface area (Å²) in [6.45, 7) is 7.88. The van der Waals surface area contributed by atoms with Gasteiger partial charge in [-0.15, -0.1) is 0 Å². The van der Waals surface area contributed by atoms with Gasteiger partial charge >= 0.3 is 0 Å². The normalized spacial score (nSPS) is 11.5. The van der Waals surface area contributed by atoms with E-state index >= 15 is 0 Å². The molecule has 2 rings (SSSR count). The molecule has 6 nitrogen and oxygen atoms in total. The molecule has 0 aliphatic heterocycles. The van der Waals surface area contributed by atoms with Crippen molar-refractivity contribution in [2.24, 2.45) is 4.99 Å². The third kappa shape index (κ3) is 5.14.